The van der Waals surface area contributed by atoms with Crippen LogP contribution in [-0.4, -0.2) is 24.9 Å². The summed E-state index contributed by atoms with van der Waals surface area (Å²) < 4.78 is 17.2. The second-order valence-electron chi connectivity index (χ2n) is 7.06. The van der Waals surface area contributed by atoms with Crippen LogP contribution in [0.5, 0.6) is 0 Å². The molecule has 0 atom stereocenters. The molecule has 0 aliphatic carbocycles. The number of aryl methyl sites for hydroxylation is 1. The zero-order valence-electron chi connectivity index (χ0n) is 16.0. The minimum absolute atomic E-state index is 0.449. The molecule has 0 saturated heterocycles. The van der Waals surface area contributed by atoms with E-state index in [2.05, 4.69) is 24.9 Å². The summed E-state index contributed by atoms with van der Waals surface area (Å²) in [6.45, 7) is 1.83. The molecule has 8 nitrogen and oxygen atoms in total. The minimum Gasteiger partial charge on any atom is -0.441 e. The topological polar surface area (TPSA) is 104 Å². The van der Waals surface area contributed by atoms with Gasteiger partial charge in [-0.15, -0.1) is 0 Å². The van der Waals surface area contributed by atoms with Crippen LogP contribution in [0.1, 0.15) is 28.9 Å². The van der Waals surface area contributed by atoms with E-state index in [0.717, 1.165) is 22.4 Å². The Hall–Kier alpha value is -4.07. The highest BCUT2D eigenvalue weighted by molar-refractivity contribution is 5.73. The van der Waals surface area contributed by atoms with Gasteiger partial charge in [0.05, 0.1) is 12.1 Å². The van der Waals surface area contributed by atoms with Gasteiger partial charge in [-0.25, -0.2) is 19.9 Å². The molecule has 5 aromatic heterocycles. The first kappa shape index (κ1) is 16.8. The molecule has 1 aromatic carbocycles. The molecule has 0 aliphatic rings. The first-order valence-electron chi connectivity index (χ1n) is 9.51. The SMILES string of the molecule is Cc1nc2cc(Cc3nc4ccc(Cc5nc6ncccc6o5)nc4o3)ccc2o1. The minimum atomic E-state index is 0.449. The first-order valence-corrected chi connectivity index (χ1v) is 9.51. The van der Waals surface area contributed by atoms with Crippen LogP contribution in [0.25, 0.3) is 33.6 Å². The van der Waals surface area contributed by atoms with Gasteiger partial charge < -0.3 is 13.3 Å². The number of hydrogen-bond donors (Lipinski definition) is 0. The van der Waals surface area contributed by atoms with Crippen LogP contribution < -0.4 is 0 Å². The molecule has 0 unspecified atom stereocenters. The van der Waals surface area contributed by atoms with E-state index < -0.39 is 0 Å². The van der Waals surface area contributed by atoms with Crippen molar-refractivity contribution in [2.45, 2.75) is 19.8 Å². The number of rotatable bonds is 4. The van der Waals surface area contributed by atoms with Crippen molar-refractivity contribution >= 4 is 33.6 Å². The van der Waals surface area contributed by atoms with Gasteiger partial charge in [0.25, 0.3) is 0 Å². The predicted molar refractivity (Wildman–Crippen MR) is 108 cm³/mol. The van der Waals surface area contributed by atoms with Crippen molar-refractivity contribution in [2.24, 2.45) is 0 Å². The monoisotopic (exact) mass is 397 g/mol. The molecule has 8 heteroatoms. The standard InChI is InChI=1S/C22H15N5O3/c1-12-24-16-9-13(4-7-17(16)28-12)10-19-26-15-6-5-14(25-22(15)30-19)11-20-27-21-18(29-20)3-2-8-23-21/h2-9H,10-11H2,1H3. The summed E-state index contributed by atoms with van der Waals surface area (Å²) in [6, 6.07) is 13.4. The van der Waals surface area contributed by atoms with Crippen molar-refractivity contribution in [3.63, 3.8) is 0 Å². The number of oxazole rings is 3. The van der Waals surface area contributed by atoms with Gasteiger partial charge in [0.15, 0.2) is 22.7 Å². The molecule has 0 amide bonds. The molecule has 0 fully saturated rings. The molecular weight excluding hydrogens is 382 g/mol. The van der Waals surface area contributed by atoms with E-state index in [4.69, 9.17) is 13.3 Å². The maximum absolute atomic E-state index is 5.90. The Kier molecular flexibility index (Phi) is 3.64. The lowest BCUT2D eigenvalue weighted by molar-refractivity contribution is 0.529. The van der Waals surface area contributed by atoms with Gasteiger partial charge in [-0.3, -0.25) is 0 Å². The van der Waals surface area contributed by atoms with Crippen molar-refractivity contribution < 1.29 is 13.3 Å². The third-order valence-corrected chi connectivity index (χ3v) is 4.81. The number of pyridine rings is 2. The van der Waals surface area contributed by atoms with Gasteiger partial charge in [-0.05, 0) is 42.0 Å². The van der Waals surface area contributed by atoms with Crippen molar-refractivity contribution in [1.29, 1.82) is 0 Å². The summed E-state index contributed by atoms with van der Waals surface area (Å²) in [5.41, 5.74) is 5.90. The van der Waals surface area contributed by atoms with Crippen LogP contribution >= 0.6 is 0 Å². The fourth-order valence-electron chi connectivity index (χ4n) is 3.49. The third kappa shape index (κ3) is 2.98. The van der Waals surface area contributed by atoms with E-state index in [9.17, 15) is 0 Å². The van der Waals surface area contributed by atoms with Crippen molar-refractivity contribution in [2.75, 3.05) is 0 Å². The summed E-state index contributed by atoms with van der Waals surface area (Å²) in [6.07, 6.45) is 2.69. The Morgan fingerprint density at radius 2 is 1.70 bits per heavy atom. The maximum Gasteiger partial charge on any atom is 0.247 e. The van der Waals surface area contributed by atoms with Gasteiger partial charge in [0.1, 0.15) is 11.0 Å². The molecule has 0 saturated carbocycles. The van der Waals surface area contributed by atoms with Crippen LogP contribution in [-0.2, 0) is 12.8 Å². The lowest BCUT2D eigenvalue weighted by Gasteiger charge is -1.96. The number of nitrogens with zero attached hydrogens (tertiary/aromatic N) is 5. The number of benzene rings is 1. The number of fused-ring (bicyclic) bond motifs is 3. The Morgan fingerprint density at radius 3 is 2.63 bits per heavy atom. The van der Waals surface area contributed by atoms with Crippen LogP contribution in [0, 0.1) is 6.92 Å². The zero-order valence-corrected chi connectivity index (χ0v) is 16.0. The zero-order chi connectivity index (χ0) is 20.1. The number of hydrogen-bond acceptors (Lipinski definition) is 8. The van der Waals surface area contributed by atoms with Gasteiger partial charge in [-0.2, -0.15) is 4.98 Å². The Balaban J connectivity index is 1.27. The molecule has 0 spiro atoms. The quantitative estimate of drug-likeness (QED) is 0.431. The predicted octanol–water partition coefficient (Wildman–Crippen LogP) is 4.39. The molecule has 0 aliphatic heterocycles. The highest BCUT2D eigenvalue weighted by Crippen LogP contribution is 2.22. The molecule has 0 N–H and O–H groups in total. The average Bonchev–Trinajstić information content (AvgIpc) is 3.42. The molecule has 0 radical (unpaired) electrons. The summed E-state index contributed by atoms with van der Waals surface area (Å²) in [7, 11) is 0. The Labute approximate surface area is 169 Å². The van der Waals surface area contributed by atoms with Gasteiger partial charge >= 0.3 is 0 Å². The first-order chi connectivity index (χ1) is 14.7. The normalized spacial score (nSPS) is 11.8. The Bertz CT molecular complexity index is 1500. The van der Waals surface area contributed by atoms with Crippen LogP contribution in [0.3, 0.4) is 0 Å². The van der Waals surface area contributed by atoms with Gasteiger partial charge in [0, 0.05) is 19.5 Å². The van der Waals surface area contributed by atoms with Crippen LogP contribution in [0.4, 0.5) is 0 Å². The highest BCUT2D eigenvalue weighted by Gasteiger charge is 2.13. The molecule has 30 heavy (non-hydrogen) atoms. The summed E-state index contributed by atoms with van der Waals surface area (Å²) in [5, 5.41) is 0. The van der Waals surface area contributed by atoms with E-state index in [1.807, 2.05) is 49.4 Å². The second kappa shape index (κ2) is 6.48. The van der Waals surface area contributed by atoms with E-state index in [1.54, 1.807) is 6.20 Å². The van der Waals surface area contributed by atoms with E-state index in [-0.39, 0.29) is 0 Å². The molecule has 5 heterocycles. The second-order valence-corrected chi connectivity index (χ2v) is 7.06. The largest absolute Gasteiger partial charge is 0.441 e. The lowest BCUT2D eigenvalue weighted by atomic mass is 10.1. The summed E-state index contributed by atoms with van der Waals surface area (Å²) in [4.78, 5) is 22.1. The highest BCUT2D eigenvalue weighted by atomic mass is 16.4. The summed E-state index contributed by atoms with van der Waals surface area (Å²) in [5.74, 6) is 1.81. The third-order valence-electron chi connectivity index (χ3n) is 4.81. The van der Waals surface area contributed by atoms with E-state index in [1.165, 1.54) is 0 Å². The molecule has 146 valence electrons. The molecule has 6 rings (SSSR count). The van der Waals surface area contributed by atoms with E-state index >= 15 is 0 Å². The van der Waals surface area contributed by atoms with Gasteiger partial charge in [0.2, 0.25) is 17.5 Å². The summed E-state index contributed by atoms with van der Waals surface area (Å²) >= 11 is 0. The van der Waals surface area contributed by atoms with Crippen molar-refractivity contribution in [1.82, 2.24) is 24.9 Å². The van der Waals surface area contributed by atoms with Gasteiger partial charge in [-0.1, -0.05) is 6.07 Å². The van der Waals surface area contributed by atoms with Crippen LogP contribution in [0.2, 0.25) is 0 Å². The van der Waals surface area contributed by atoms with Crippen LogP contribution in [0.15, 0.2) is 61.9 Å². The lowest BCUT2D eigenvalue weighted by Crippen LogP contribution is -1.92. The van der Waals surface area contributed by atoms with Crippen molar-refractivity contribution in [3.8, 4) is 0 Å². The fraction of sp³-hybridized carbons (Fsp3) is 0.136. The molecular formula is C22H15N5O3. The average molecular weight is 397 g/mol. The molecule has 6 aromatic rings. The van der Waals surface area contributed by atoms with Crippen molar-refractivity contribution in [3.05, 3.63) is 77.6 Å². The Morgan fingerprint density at radius 1 is 0.767 bits per heavy atom. The maximum atomic E-state index is 5.90. The smallest absolute Gasteiger partial charge is 0.247 e. The molecule has 0 bridgehead atoms. The number of aromatic nitrogens is 5. The van der Waals surface area contributed by atoms with E-state index in [0.29, 0.717) is 53.0 Å². The fourth-order valence-corrected chi connectivity index (χ4v) is 3.49.